The fraction of sp³-hybridized carbons (Fsp3) is 0.471. The molecule has 3 nitrogen and oxygen atoms in total. The van der Waals surface area contributed by atoms with E-state index in [9.17, 15) is 0 Å². The van der Waals surface area contributed by atoms with Crippen molar-refractivity contribution in [3.63, 3.8) is 0 Å². The number of rotatable bonds is 3. The summed E-state index contributed by atoms with van der Waals surface area (Å²) in [7, 11) is 2.05. The molecule has 1 aromatic carbocycles. The lowest BCUT2D eigenvalue weighted by atomic mass is 10.0. The maximum Gasteiger partial charge on any atom is 0.131 e. The summed E-state index contributed by atoms with van der Waals surface area (Å²) in [5.41, 5.74) is 9.79. The van der Waals surface area contributed by atoms with Gasteiger partial charge in [-0.15, -0.1) is 0 Å². The lowest BCUT2D eigenvalue weighted by molar-refractivity contribution is 0.635. The van der Waals surface area contributed by atoms with Crippen LogP contribution in [0.4, 0.5) is 5.82 Å². The number of nitrogen functional groups attached to an aromatic ring is 1. The average molecular weight is 269 g/mol. The Balaban J connectivity index is 2.08. The van der Waals surface area contributed by atoms with Crippen molar-refractivity contribution >= 4 is 5.82 Å². The number of hydrogen-bond acceptors (Lipinski definition) is 2. The van der Waals surface area contributed by atoms with Gasteiger partial charge in [0.2, 0.25) is 0 Å². The molecule has 0 radical (unpaired) electrons. The molecule has 20 heavy (non-hydrogen) atoms. The first-order valence-corrected chi connectivity index (χ1v) is 7.62. The zero-order valence-corrected chi connectivity index (χ0v) is 12.4. The Bertz CT molecular complexity index is 607. The fourth-order valence-corrected chi connectivity index (χ4v) is 3.34. The summed E-state index contributed by atoms with van der Waals surface area (Å²) < 4.78 is 2.09. The molecule has 1 fully saturated rings. The minimum atomic E-state index is 0.588. The van der Waals surface area contributed by atoms with Gasteiger partial charge in [0, 0.05) is 18.5 Å². The van der Waals surface area contributed by atoms with E-state index in [4.69, 9.17) is 10.7 Å². The summed E-state index contributed by atoms with van der Waals surface area (Å²) in [6.45, 7) is 2.18. The zero-order chi connectivity index (χ0) is 14.1. The highest BCUT2D eigenvalue weighted by Gasteiger charge is 2.24. The summed E-state index contributed by atoms with van der Waals surface area (Å²) in [6, 6.07) is 8.45. The number of hydrogen-bond donors (Lipinski definition) is 1. The van der Waals surface area contributed by atoms with Crippen LogP contribution in [-0.4, -0.2) is 9.55 Å². The molecule has 0 atom stereocenters. The Kier molecular flexibility index (Phi) is 3.51. The van der Waals surface area contributed by atoms with Crippen LogP contribution in [0.1, 0.15) is 49.9 Å². The molecule has 0 spiro atoms. The van der Waals surface area contributed by atoms with Gasteiger partial charge < -0.3 is 10.3 Å². The van der Waals surface area contributed by atoms with Gasteiger partial charge in [0.25, 0.3) is 0 Å². The van der Waals surface area contributed by atoms with E-state index in [0.29, 0.717) is 5.92 Å². The summed E-state index contributed by atoms with van der Waals surface area (Å²) in [6.07, 6.45) is 6.14. The first kappa shape index (κ1) is 13.2. The summed E-state index contributed by atoms with van der Waals surface area (Å²) in [5.74, 6) is 2.55. The Morgan fingerprint density at radius 3 is 2.65 bits per heavy atom. The van der Waals surface area contributed by atoms with Crippen LogP contribution in [0.2, 0.25) is 0 Å². The molecule has 0 unspecified atom stereocenters. The molecule has 2 aromatic rings. The number of benzene rings is 1. The third-order valence-corrected chi connectivity index (χ3v) is 4.55. The number of aryl methyl sites for hydroxylation is 1. The third-order valence-electron chi connectivity index (χ3n) is 4.55. The molecular weight excluding hydrogens is 246 g/mol. The van der Waals surface area contributed by atoms with Crippen LogP contribution in [0.3, 0.4) is 0 Å². The van der Waals surface area contributed by atoms with Crippen LogP contribution in [0, 0.1) is 0 Å². The van der Waals surface area contributed by atoms with Crippen LogP contribution < -0.4 is 5.73 Å². The fourth-order valence-electron chi connectivity index (χ4n) is 3.34. The first-order chi connectivity index (χ1) is 9.72. The number of nitrogens with zero attached hydrogens (tertiary/aromatic N) is 2. The van der Waals surface area contributed by atoms with E-state index in [0.717, 1.165) is 17.9 Å². The normalized spacial score (nSPS) is 15.9. The van der Waals surface area contributed by atoms with Gasteiger partial charge in [0.1, 0.15) is 17.3 Å². The van der Waals surface area contributed by atoms with Crippen molar-refractivity contribution < 1.29 is 0 Å². The lowest BCUT2D eigenvalue weighted by Crippen LogP contribution is -2.05. The maximum absolute atomic E-state index is 6.33. The summed E-state index contributed by atoms with van der Waals surface area (Å²) in [4.78, 5) is 4.91. The molecule has 0 bridgehead atoms. The predicted molar refractivity (Wildman–Crippen MR) is 83.6 cm³/mol. The minimum absolute atomic E-state index is 0.588. The van der Waals surface area contributed by atoms with Crippen molar-refractivity contribution in [1.29, 1.82) is 0 Å². The second-order valence-electron chi connectivity index (χ2n) is 5.75. The molecule has 0 amide bonds. The van der Waals surface area contributed by atoms with E-state index in [2.05, 4.69) is 35.8 Å². The van der Waals surface area contributed by atoms with Crippen molar-refractivity contribution in [2.75, 3.05) is 5.73 Å². The molecule has 1 heterocycles. The van der Waals surface area contributed by atoms with E-state index in [1.165, 1.54) is 42.6 Å². The van der Waals surface area contributed by atoms with Crippen molar-refractivity contribution in [2.24, 2.45) is 7.05 Å². The largest absolute Gasteiger partial charge is 0.383 e. The van der Waals surface area contributed by atoms with E-state index in [-0.39, 0.29) is 0 Å². The highest BCUT2D eigenvalue weighted by atomic mass is 15.1. The van der Waals surface area contributed by atoms with E-state index in [1.807, 2.05) is 7.05 Å². The van der Waals surface area contributed by atoms with Crippen LogP contribution >= 0.6 is 0 Å². The molecule has 1 aliphatic rings. The third kappa shape index (κ3) is 2.11. The molecule has 2 N–H and O–H groups in total. The molecule has 0 aliphatic heterocycles. The Hall–Kier alpha value is -1.77. The highest BCUT2D eigenvalue weighted by Crippen LogP contribution is 2.37. The van der Waals surface area contributed by atoms with Gasteiger partial charge in [-0.25, -0.2) is 4.98 Å². The van der Waals surface area contributed by atoms with E-state index >= 15 is 0 Å². The van der Waals surface area contributed by atoms with Gasteiger partial charge >= 0.3 is 0 Å². The standard InChI is InChI=1S/C17H23N3/c1-3-12-8-6-7-11-14(12)15-16(18)20(2)17(19-15)13-9-4-5-10-13/h6-8,11,13H,3-5,9-10,18H2,1-2H3. The monoisotopic (exact) mass is 269 g/mol. The average Bonchev–Trinajstić information content (AvgIpc) is 3.09. The minimum Gasteiger partial charge on any atom is -0.383 e. The molecule has 3 rings (SSSR count). The van der Waals surface area contributed by atoms with Crippen LogP contribution in [0.25, 0.3) is 11.3 Å². The van der Waals surface area contributed by atoms with Gasteiger partial charge in [-0.1, -0.05) is 44.0 Å². The molecule has 3 heteroatoms. The number of anilines is 1. The topological polar surface area (TPSA) is 43.8 Å². The van der Waals surface area contributed by atoms with Crippen LogP contribution in [0.15, 0.2) is 24.3 Å². The summed E-state index contributed by atoms with van der Waals surface area (Å²) in [5, 5.41) is 0. The molecule has 0 saturated heterocycles. The van der Waals surface area contributed by atoms with Crippen molar-refractivity contribution in [3.05, 3.63) is 35.7 Å². The molecule has 1 aliphatic carbocycles. The second-order valence-corrected chi connectivity index (χ2v) is 5.75. The number of imidazole rings is 1. The van der Waals surface area contributed by atoms with Gasteiger partial charge in [-0.3, -0.25) is 0 Å². The quantitative estimate of drug-likeness (QED) is 0.918. The SMILES string of the molecule is CCc1ccccc1-c1nc(C2CCCC2)n(C)c1N. The van der Waals surface area contributed by atoms with E-state index < -0.39 is 0 Å². The van der Waals surface area contributed by atoms with Gasteiger partial charge in [0.05, 0.1) is 0 Å². The highest BCUT2D eigenvalue weighted by molar-refractivity contribution is 5.74. The Morgan fingerprint density at radius 1 is 1.25 bits per heavy atom. The maximum atomic E-state index is 6.33. The van der Waals surface area contributed by atoms with Crippen LogP contribution in [-0.2, 0) is 13.5 Å². The van der Waals surface area contributed by atoms with Gasteiger partial charge in [-0.05, 0) is 24.8 Å². The van der Waals surface area contributed by atoms with Crippen molar-refractivity contribution in [2.45, 2.75) is 44.9 Å². The smallest absolute Gasteiger partial charge is 0.131 e. The van der Waals surface area contributed by atoms with Gasteiger partial charge in [-0.2, -0.15) is 0 Å². The zero-order valence-electron chi connectivity index (χ0n) is 12.4. The van der Waals surface area contributed by atoms with Crippen molar-refractivity contribution in [3.8, 4) is 11.3 Å². The number of nitrogens with two attached hydrogens (primary N) is 1. The predicted octanol–water partition coefficient (Wildman–Crippen LogP) is 3.89. The Morgan fingerprint density at radius 2 is 1.95 bits per heavy atom. The Labute approximate surface area is 120 Å². The lowest BCUT2D eigenvalue weighted by Gasteiger charge is -2.08. The first-order valence-electron chi connectivity index (χ1n) is 7.62. The number of aromatic nitrogens is 2. The van der Waals surface area contributed by atoms with Crippen LogP contribution in [0.5, 0.6) is 0 Å². The van der Waals surface area contributed by atoms with Crippen molar-refractivity contribution in [1.82, 2.24) is 9.55 Å². The molecule has 1 aromatic heterocycles. The second kappa shape index (κ2) is 5.31. The summed E-state index contributed by atoms with van der Waals surface area (Å²) >= 11 is 0. The van der Waals surface area contributed by atoms with E-state index in [1.54, 1.807) is 0 Å². The van der Waals surface area contributed by atoms with Gasteiger partial charge in [0.15, 0.2) is 0 Å². The molecule has 1 saturated carbocycles. The molecule has 106 valence electrons. The molecular formula is C17H23N3.